The largest absolute Gasteiger partial charge is 0.544 e. The van der Waals surface area contributed by atoms with Gasteiger partial charge in [0.1, 0.15) is 0 Å². The van der Waals surface area contributed by atoms with E-state index in [4.69, 9.17) is 0 Å². The van der Waals surface area contributed by atoms with Crippen molar-refractivity contribution >= 4 is 12.6 Å². The van der Waals surface area contributed by atoms with Crippen LogP contribution < -0.4 is 5.66 Å². The van der Waals surface area contributed by atoms with Gasteiger partial charge in [-0.3, -0.25) is 0 Å². The fraction of sp³-hybridized carbons (Fsp3) is 0. The van der Waals surface area contributed by atoms with Crippen LogP contribution in [-0.2, 0) is 0 Å². The monoisotopic (exact) mass is 135 g/mol. The molecule has 0 amide bonds. The lowest BCUT2D eigenvalue weighted by Crippen LogP contribution is -2.32. The molecule has 1 aromatic heterocycles. The van der Waals surface area contributed by atoms with Crippen LogP contribution in [0.1, 0.15) is 0 Å². The molecule has 0 N–H and O–H groups in total. The Balaban J connectivity index is 2.90. The average molecular weight is 135 g/mol. The maximum atomic E-state index is 11.6. The summed E-state index contributed by atoms with van der Waals surface area (Å²) in [6.45, 7) is -4.93. The van der Waals surface area contributed by atoms with Crippen molar-refractivity contribution in [3.05, 3.63) is 18.4 Å². The van der Waals surface area contributed by atoms with E-state index in [9.17, 15) is 12.9 Å². The first-order valence-corrected chi connectivity index (χ1v) is 2.34. The zero-order chi connectivity index (χ0) is 6.91. The van der Waals surface area contributed by atoms with Gasteiger partial charge >= 0.3 is 6.98 Å². The Morgan fingerprint density at radius 1 is 1.33 bits per heavy atom. The molecule has 0 unspecified atom stereocenters. The van der Waals surface area contributed by atoms with E-state index in [0.717, 1.165) is 12.3 Å². The zero-order valence-corrected chi connectivity index (χ0v) is 4.35. The third kappa shape index (κ3) is 1.28. The first kappa shape index (κ1) is 6.26. The lowest BCUT2D eigenvalue weighted by atomic mass is 9.88. The van der Waals surface area contributed by atoms with Gasteiger partial charge in [0, 0.05) is 5.66 Å². The molecule has 0 aliphatic carbocycles. The summed E-state index contributed by atoms with van der Waals surface area (Å²) in [4.78, 5) is 0. The molecular formula is C4H3BF3O-. The minimum atomic E-state index is -4.93. The summed E-state index contributed by atoms with van der Waals surface area (Å²) in [5.41, 5.74) is -0.894. The van der Waals surface area contributed by atoms with Crippen LogP contribution in [0.15, 0.2) is 22.8 Å². The van der Waals surface area contributed by atoms with E-state index in [2.05, 4.69) is 4.42 Å². The highest BCUT2D eigenvalue weighted by atomic mass is 19.4. The Bertz CT molecular complexity index is 178. The molecule has 0 radical (unpaired) electrons. The maximum absolute atomic E-state index is 11.6. The number of halogens is 3. The van der Waals surface area contributed by atoms with Crippen molar-refractivity contribution in [2.75, 3.05) is 0 Å². The summed E-state index contributed by atoms with van der Waals surface area (Å²) < 4.78 is 38.9. The molecule has 0 aliphatic rings. The van der Waals surface area contributed by atoms with Crippen LogP contribution in [0.5, 0.6) is 0 Å². The number of rotatable bonds is 1. The van der Waals surface area contributed by atoms with Gasteiger partial charge in [-0.1, -0.05) is 6.07 Å². The molecule has 0 atom stereocenters. The van der Waals surface area contributed by atoms with Crippen LogP contribution in [-0.4, -0.2) is 6.98 Å². The topological polar surface area (TPSA) is 13.1 Å². The van der Waals surface area contributed by atoms with E-state index in [-0.39, 0.29) is 0 Å². The highest BCUT2D eigenvalue weighted by Crippen LogP contribution is 2.07. The van der Waals surface area contributed by atoms with E-state index in [1.807, 2.05) is 0 Å². The number of furan rings is 1. The highest BCUT2D eigenvalue weighted by molar-refractivity contribution is 6.72. The molecule has 0 saturated carbocycles. The lowest BCUT2D eigenvalue weighted by Gasteiger charge is -2.08. The molecule has 0 bridgehead atoms. The van der Waals surface area contributed by atoms with Crippen molar-refractivity contribution in [2.45, 2.75) is 0 Å². The summed E-state index contributed by atoms with van der Waals surface area (Å²) in [7, 11) is 0. The fourth-order valence-corrected chi connectivity index (χ4v) is 0.478. The van der Waals surface area contributed by atoms with Crippen molar-refractivity contribution in [2.24, 2.45) is 0 Å². The first-order chi connectivity index (χ1) is 4.11. The van der Waals surface area contributed by atoms with Crippen LogP contribution in [0.2, 0.25) is 0 Å². The van der Waals surface area contributed by atoms with E-state index in [1.54, 1.807) is 0 Å². The molecule has 0 aromatic carbocycles. The van der Waals surface area contributed by atoms with Gasteiger partial charge in [-0.05, 0) is 6.07 Å². The van der Waals surface area contributed by atoms with Crippen molar-refractivity contribution in [3.63, 3.8) is 0 Å². The molecule has 1 nitrogen and oxygen atoms in total. The summed E-state index contributed by atoms with van der Waals surface area (Å²) >= 11 is 0. The Hall–Kier alpha value is -0.865. The summed E-state index contributed by atoms with van der Waals surface area (Å²) in [5, 5.41) is 0. The second-order valence-corrected chi connectivity index (χ2v) is 1.59. The summed E-state index contributed by atoms with van der Waals surface area (Å²) in [5.74, 6) is 0. The minimum absolute atomic E-state index is 0.894. The summed E-state index contributed by atoms with van der Waals surface area (Å²) in [6, 6.07) is 2.12. The van der Waals surface area contributed by atoms with Gasteiger partial charge in [-0.15, -0.1) is 0 Å². The third-order valence-electron chi connectivity index (χ3n) is 0.866. The lowest BCUT2D eigenvalue weighted by molar-refractivity contribution is 0.465. The van der Waals surface area contributed by atoms with Crippen LogP contribution in [0.25, 0.3) is 0 Å². The van der Waals surface area contributed by atoms with E-state index < -0.39 is 12.6 Å². The van der Waals surface area contributed by atoms with Crippen LogP contribution in [0, 0.1) is 0 Å². The van der Waals surface area contributed by atoms with Gasteiger partial charge in [0.15, 0.2) is 0 Å². The molecule has 5 heteroatoms. The molecule has 1 aromatic rings. The SMILES string of the molecule is F[B-](F)(F)c1ccco1. The number of hydrogen-bond acceptors (Lipinski definition) is 1. The molecule has 0 spiro atoms. The van der Waals surface area contributed by atoms with Crippen molar-refractivity contribution in [1.82, 2.24) is 0 Å². The van der Waals surface area contributed by atoms with E-state index in [1.165, 1.54) is 6.07 Å². The highest BCUT2D eigenvalue weighted by Gasteiger charge is 2.28. The molecule has 0 fully saturated rings. The van der Waals surface area contributed by atoms with Crippen LogP contribution in [0.3, 0.4) is 0 Å². The first-order valence-electron chi connectivity index (χ1n) is 2.34. The third-order valence-corrected chi connectivity index (χ3v) is 0.866. The van der Waals surface area contributed by atoms with E-state index in [0.29, 0.717) is 0 Å². The van der Waals surface area contributed by atoms with Crippen molar-refractivity contribution in [1.29, 1.82) is 0 Å². The average Bonchev–Trinajstić information content (AvgIpc) is 2.08. The Morgan fingerprint density at radius 2 is 2.00 bits per heavy atom. The van der Waals surface area contributed by atoms with Crippen LogP contribution >= 0.6 is 0 Å². The standard InChI is InChI=1S/C4H3BF3O/c6-5(7,8)4-2-1-3-9-4/h1-3H/q-1. The molecule has 1 rings (SSSR count). The van der Waals surface area contributed by atoms with Crippen LogP contribution in [0.4, 0.5) is 12.9 Å². The maximum Gasteiger partial charge on any atom is 0.544 e. The molecule has 1 heterocycles. The summed E-state index contributed by atoms with van der Waals surface area (Å²) in [6.07, 6.45) is 1.00. The number of hydrogen-bond donors (Lipinski definition) is 0. The van der Waals surface area contributed by atoms with Crippen molar-refractivity contribution < 1.29 is 17.4 Å². The fourth-order valence-electron chi connectivity index (χ4n) is 0.478. The Labute approximate surface area is 49.5 Å². The van der Waals surface area contributed by atoms with Gasteiger partial charge in [0.05, 0.1) is 6.26 Å². The van der Waals surface area contributed by atoms with Crippen molar-refractivity contribution in [3.8, 4) is 0 Å². The second kappa shape index (κ2) is 1.82. The van der Waals surface area contributed by atoms with Gasteiger partial charge in [0.25, 0.3) is 0 Å². The molecular weight excluding hydrogens is 132 g/mol. The minimum Gasteiger partial charge on any atom is -0.501 e. The Kier molecular flexibility index (Phi) is 1.27. The van der Waals surface area contributed by atoms with Gasteiger partial charge in [-0.2, -0.15) is 0 Å². The van der Waals surface area contributed by atoms with E-state index >= 15 is 0 Å². The zero-order valence-electron chi connectivity index (χ0n) is 4.35. The predicted octanol–water partition coefficient (Wildman–Crippen LogP) is 1.33. The van der Waals surface area contributed by atoms with Gasteiger partial charge < -0.3 is 17.4 Å². The quantitative estimate of drug-likeness (QED) is 0.529. The normalized spacial score (nSPS) is 11.9. The molecule has 0 aliphatic heterocycles. The van der Waals surface area contributed by atoms with Gasteiger partial charge in [0.2, 0.25) is 0 Å². The molecule has 50 valence electrons. The second-order valence-electron chi connectivity index (χ2n) is 1.59. The molecule has 0 saturated heterocycles. The predicted molar refractivity (Wildman–Crippen MR) is 27.4 cm³/mol. The van der Waals surface area contributed by atoms with Gasteiger partial charge in [-0.25, -0.2) is 0 Å². The Morgan fingerprint density at radius 3 is 2.22 bits per heavy atom. The molecule has 9 heavy (non-hydrogen) atoms. The smallest absolute Gasteiger partial charge is 0.501 e.